The summed E-state index contributed by atoms with van der Waals surface area (Å²) in [5.74, 6) is -1.51. The predicted octanol–water partition coefficient (Wildman–Crippen LogP) is 6.57. The Kier molecular flexibility index (Phi) is 6.62. The number of fused-ring (bicyclic) bond motifs is 5. The van der Waals surface area contributed by atoms with Crippen LogP contribution in [0.15, 0.2) is 24.3 Å². The second kappa shape index (κ2) is 9.13. The van der Waals surface area contributed by atoms with E-state index < -0.39 is 40.7 Å². The fraction of sp³-hybridized carbons (Fsp3) is 0.724. The molecule has 2 amide bonds. The van der Waals surface area contributed by atoms with Gasteiger partial charge < -0.3 is 10.6 Å². The molecule has 1 aromatic carbocycles. The van der Waals surface area contributed by atoms with Crippen molar-refractivity contribution in [2.24, 2.45) is 34.5 Å². The van der Waals surface area contributed by atoms with Gasteiger partial charge in [-0.2, -0.15) is 26.3 Å². The normalized spacial score (nSPS) is 36.8. The van der Waals surface area contributed by atoms with Crippen molar-refractivity contribution in [1.82, 2.24) is 10.6 Å². The molecule has 3 aliphatic carbocycles. The monoisotopic (exact) mass is 558 g/mol. The van der Waals surface area contributed by atoms with Gasteiger partial charge in [0.2, 0.25) is 11.8 Å². The van der Waals surface area contributed by atoms with E-state index in [-0.39, 0.29) is 35.6 Å². The topological polar surface area (TPSA) is 58.2 Å². The van der Waals surface area contributed by atoms with Crippen molar-refractivity contribution in [3.8, 4) is 0 Å². The highest BCUT2D eigenvalue weighted by molar-refractivity contribution is 5.81. The average Bonchev–Trinajstić information content (AvgIpc) is 3.19. The minimum Gasteiger partial charge on any atom is -0.353 e. The van der Waals surface area contributed by atoms with Crippen LogP contribution in [0.25, 0.3) is 0 Å². The molecule has 1 saturated heterocycles. The molecule has 0 unspecified atom stereocenters. The van der Waals surface area contributed by atoms with Crippen molar-refractivity contribution in [1.29, 1.82) is 0 Å². The third-order valence-electron chi connectivity index (χ3n) is 11.1. The maximum Gasteiger partial charge on any atom is 0.424 e. The summed E-state index contributed by atoms with van der Waals surface area (Å²) in [5.41, 5.74) is -5.82. The van der Waals surface area contributed by atoms with Gasteiger partial charge in [0, 0.05) is 18.4 Å². The molecule has 1 aliphatic heterocycles. The van der Waals surface area contributed by atoms with Gasteiger partial charge >= 0.3 is 12.4 Å². The van der Waals surface area contributed by atoms with Crippen molar-refractivity contribution in [2.75, 3.05) is 0 Å². The lowest BCUT2D eigenvalue weighted by molar-refractivity contribution is -0.312. The van der Waals surface area contributed by atoms with Crippen molar-refractivity contribution in [3.63, 3.8) is 0 Å². The smallest absolute Gasteiger partial charge is 0.353 e. The number of rotatable bonds is 3. The Morgan fingerprint density at radius 2 is 1.49 bits per heavy atom. The summed E-state index contributed by atoms with van der Waals surface area (Å²) in [5, 5.41) is 4.68. The zero-order valence-electron chi connectivity index (χ0n) is 22.4. The highest BCUT2D eigenvalue weighted by Crippen LogP contribution is 2.66. The van der Waals surface area contributed by atoms with Crippen molar-refractivity contribution in [2.45, 2.75) is 96.1 Å². The number of aryl methyl sites for hydroxylation is 1. The van der Waals surface area contributed by atoms with Gasteiger partial charge in [0.05, 0.1) is 0 Å². The molecule has 0 spiro atoms. The summed E-state index contributed by atoms with van der Waals surface area (Å²) in [7, 11) is 0. The van der Waals surface area contributed by atoms with E-state index in [0.717, 1.165) is 37.8 Å². The summed E-state index contributed by atoms with van der Waals surface area (Å²) in [6.07, 6.45) is -6.59. The summed E-state index contributed by atoms with van der Waals surface area (Å²) in [6, 6.07) is 4.05. The van der Waals surface area contributed by atoms with E-state index in [4.69, 9.17) is 0 Å². The minimum absolute atomic E-state index is 0.0351. The molecule has 0 bridgehead atoms. The largest absolute Gasteiger partial charge is 0.424 e. The van der Waals surface area contributed by atoms with Crippen molar-refractivity contribution < 1.29 is 35.9 Å². The fourth-order valence-corrected chi connectivity index (χ4v) is 8.91. The third-order valence-corrected chi connectivity index (χ3v) is 11.1. The number of piperidine rings is 1. The van der Waals surface area contributed by atoms with Crippen LogP contribution in [-0.4, -0.2) is 30.2 Å². The zero-order valence-corrected chi connectivity index (χ0v) is 22.4. The summed E-state index contributed by atoms with van der Waals surface area (Å²) < 4.78 is 86.5. The third kappa shape index (κ3) is 4.17. The summed E-state index contributed by atoms with van der Waals surface area (Å²) >= 11 is 0. The molecule has 2 N–H and O–H groups in total. The number of hydrogen-bond acceptors (Lipinski definition) is 2. The highest BCUT2D eigenvalue weighted by atomic mass is 19.4. The van der Waals surface area contributed by atoms with Gasteiger partial charge in [0.1, 0.15) is 0 Å². The molecular formula is C29H36F6N2O2. The maximum absolute atomic E-state index is 14.4. The van der Waals surface area contributed by atoms with Gasteiger partial charge in [-0.3, -0.25) is 9.59 Å². The molecule has 1 heterocycles. The second-order valence-corrected chi connectivity index (χ2v) is 12.9. The molecule has 4 nitrogen and oxygen atoms in total. The summed E-state index contributed by atoms with van der Waals surface area (Å²) in [6.45, 7) is 5.66. The number of carbonyl (C=O) groups excluding carboxylic acids is 2. The molecule has 5 rings (SSSR count). The van der Waals surface area contributed by atoms with Gasteiger partial charge in [-0.1, -0.05) is 43.7 Å². The average molecular weight is 559 g/mol. The van der Waals surface area contributed by atoms with Crippen LogP contribution < -0.4 is 10.6 Å². The van der Waals surface area contributed by atoms with Gasteiger partial charge in [0.15, 0.2) is 0 Å². The SMILES string of the molecule is Cc1ccc(C(NC(=O)[C@H]2CC[C@H]3[C@@H]4CC[C@H]5NC(=O)CC[C@]5(C)[C@H]4CC[C@]23C)(C(F)(F)F)C(F)(F)F)cc1. The molecular weight excluding hydrogens is 522 g/mol. The predicted molar refractivity (Wildman–Crippen MR) is 132 cm³/mol. The Hall–Kier alpha value is -2.26. The van der Waals surface area contributed by atoms with Crippen LogP contribution in [0.3, 0.4) is 0 Å². The van der Waals surface area contributed by atoms with Crippen molar-refractivity contribution >= 4 is 11.8 Å². The van der Waals surface area contributed by atoms with Crippen LogP contribution >= 0.6 is 0 Å². The lowest BCUT2D eigenvalue weighted by atomic mass is 9.47. The van der Waals surface area contributed by atoms with Crippen LogP contribution in [0.2, 0.25) is 0 Å². The Morgan fingerprint density at radius 1 is 0.872 bits per heavy atom. The molecule has 7 atom stereocenters. The summed E-state index contributed by atoms with van der Waals surface area (Å²) in [4.78, 5) is 25.6. The van der Waals surface area contributed by atoms with E-state index in [1.54, 1.807) is 6.92 Å². The lowest BCUT2D eigenvalue weighted by Gasteiger charge is -2.60. The molecule has 0 radical (unpaired) electrons. The van der Waals surface area contributed by atoms with Gasteiger partial charge in [-0.15, -0.1) is 0 Å². The first-order chi connectivity index (χ1) is 18.0. The maximum atomic E-state index is 14.4. The molecule has 4 aliphatic rings. The van der Waals surface area contributed by atoms with Crippen LogP contribution in [0, 0.1) is 41.4 Å². The first-order valence-corrected chi connectivity index (χ1v) is 13.9. The molecule has 0 aromatic heterocycles. The Balaban J connectivity index is 1.44. The Labute approximate surface area is 224 Å². The fourth-order valence-electron chi connectivity index (χ4n) is 8.91. The molecule has 39 heavy (non-hydrogen) atoms. The molecule has 10 heteroatoms. The number of benzene rings is 1. The van der Waals surface area contributed by atoms with E-state index in [1.807, 2.05) is 6.92 Å². The molecule has 1 aromatic rings. The lowest BCUT2D eigenvalue weighted by Crippen LogP contribution is -2.66. The van der Waals surface area contributed by atoms with E-state index >= 15 is 0 Å². The van der Waals surface area contributed by atoms with E-state index in [9.17, 15) is 35.9 Å². The van der Waals surface area contributed by atoms with Crippen LogP contribution in [0.1, 0.15) is 76.3 Å². The standard InChI is InChI=1S/C29H36F6N2O2/c1-16-4-6-17(7-5-16)27(28(30,31)32,29(33,34)35)37-24(39)21-10-9-19-18-8-11-22-26(3,15-13-23(38)36-22)20(18)12-14-25(19,21)2/h4-7,18-22H,8-15H2,1-3H3,(H,36,38)(H,37,39)/t18-,19-,20-,21+,22+,25-,26+/m0/s1. The molecule has 4 fully saturated rings. The van der Waals surface area contributed by atoms with Crippen molar-refractivity contribution in [3.05, 3.63) is 35.4 Å². The molecule has 3 saturated carbocycles. The highest BCUT2D eigenvalue weighted by Gasteiger charge is 2.73. The second-order valence-electron chi connectivity index (χ2n) is 12.9. The quantitative estimate of drug-likeness (QED) is 0.413. The Bertz CT molecular complexity index is 1120. The van der Waals surface area contributed by atoms with Gasteiger partial charge in [0.25, 0.3) is 5.54 Å². The number of amides is 2. The zero-order chi connectivity index (χ0) is 28.6. The van der Waals surface area contributed by atoms with E-state index in [2.05, 4.69) is 12.2 Å². The molecule has 216 valence electrons. The van der Waals surface area contributed by atoms with Gasteiger partial charge in [-0.05, 0) is 86.0 Å². The van der Waals surface area contributed by atoms with E-state index in [0.29, 0.717) is 30.7 Å². The Morgan fingerprint density at radius 3 is 2.10 bits per heavy atom. The number of hydrogen-bond donors (Lipinski definition) is 2. The first kappa shape index (κ1) is 28.3. The first-order valence-electron chi connectivity index (χ1n) is 13.9. The number of halogens is 6. The van der Waals surface area contributed by atoms with E-state index in [1.165, 1.54) is 17.4 Å². The number of carbonyl (C=O) groups is 2. The number of alkyl halides is 6. The van der Waals surface area contributed by atoms with Crippen LogP contribution in [-0.2, 0) is 15.1 Å². The number of nitrogens with one attached hydrogen (secondary N) is 2. The van der Waals surface area contributed by atoms with Gasteiger partial charge in [-0.25, -0.2) is 0 Å². The minimum atomic E-state index is -5.80. The van der Waals surface area contributed by atoms with Crippen LogP contribution in [0.4, 0.5) is 26.3 Å². The van der Waals surface area contributed by atoms with Crippen LogP contribution in [0.5, 0.6) is 0 Å².